The fraction of sp³-hybridized carbons (Fsp3) is 0.280. The predicted octanol–water partition coefficient (Wildman–Crippen LogP) is 5.22. The second-order valence-corrected chi connectivity index (χ2v) is 8.69. The van der Waals surface area contributed by atoms with Gasteiger partial charge in [-0.2, -0.15) is 0 Å². The predicted molar refractivity (Wildman–Crippen MR) is 140 cm³/mol. The number of carbonyl (C=O) groups is 1. The van der Waals surface area contributed by atoms with E-state index in [1.807, 2.05) is 24.3 Å². The highest BCUT2D eigenvalue weighted by atomic mass is 32.2. The van der Waals surface area contributed by atoms with Crippen LogP contribution in [0.5, 0.6) is 0 Å². The quantitative estimate of drug-likeness (QED) is 0.189. The van der Waals surface area contributed by atoms with Gasteiger partial charge >= 0.3 is 0 Å². The Hall–Kier alpha value is -3.37. The van der Waals surface area contributed by atoms with E-state index in [0.717, 1.165) is 42.8 Å². The normalized spacial score (nSPS) is 10.9. The summed E-state index contributed by atoms with van der Waals surface area (Å²) in [5.74, 6) is -0.540. The number of benzene rings is 2. The lowest BCUT2D eigenvalue weighted by Crippen LogP contribution is -2.25. The summed E-state index contributed by atoms with van der Waals surface area (Å²) >= 11 is 1.66. The van der Waals surface area contributed by atoms with Gasteiger partial charge in [0, 0.05) is 48.5 Å². The number of pyridine rings is 1. The molecule has 0 radical (unpaired) electrons. The third kappa shape index (κ3) is 8.11. The first-order valence-electron chi connectivity index (χ1n) is 11.3. The van der Waals surface area contributed by atoms with E-state index < -0.39 is 17.5 Å². The zero-order chi connectivity index (χ0) is 25.2. The minimum Gasteiger partial charge on any atom is -0.380 e. The first-order chi connectivity index (χ1) is 16.9. The van der Waals surface area contributed by atoms with Crippen molar-refractivity contribution in [3.63, 3.8) is 0 Å². The van der Waals surface area contributed by atoms with E-state index >= 15 is 0 Å². The van der Waals surface area contributed by atoms with Crippen LogP contribution in [0.2, 0.25) is 0 Å². The van der Waals surface area contributed by atoms with Gasteiger partial charge in [0.2, 0.25) is 0 Å². The Morgan fingerprint density at radius 1 is 1.03 bits per heavy atom. The maximum atomic E-state index is 13.5. The number of nitrogens with one attached hydrogen (secondary N) is 3. The molecule has 3 rings (SSSR count). The molecule has 0 aliphatic heterocycles. The van der Waals surface area contributed by atoms with Gasteiger partial charge in [-0.1, -0.05) is 25.8 Å². The molecule has 186 valence electrons. The van der Waals surface area contributed by atoms with Crippen LogP contribution in [0.15, 0.2) is 54.7 Å². The van der Waals surface area contributed by atoms with Crippen molar-refractivity contribution in [2.24, 2.45) is 5.73 Å². The molecule has 0 fully saturated rings. The van der Waals surface area contributed by atoms with Crippen LogP contribution in [0.3, 0.4) is 0 Å². The molecule has 0 spiro atoms. The molecule has 1 amide bonds. The van der Waals surface area contributed by atoms with Crippen molar-refractivity contribution in [1.29, 1.82) is 0 Å². The molecule has 0 saturated carbocycles. The van der Waals surface area contributed by atoms with Crippen molar-refractivity contribution < 1.29 is 13.6 Å². The summed E-state index contributed by atoms with van der Waals surface area (Å²) in [4.78, 5) is 18.4. The molecule has 0 atom stereocenters. The highest BCUT2D eigenvalue weighted by Crippen LogP contribution is 2.24. The summed E-state index contributed by atoms with van der Waals surface area (Å²) in [6.45, 7) is 7.55. The first kappa shape index (κ1) is 26.2. The van der Waals surface area contributed by atoms with Crippen LogP contribution in [0.25, 0.3) is 0 Å². The Balaban J connectivity index is 1.61. The van der Waals surface area contributed by atoms with Crippen LogP contribution < -0.4 is 21.1 Å². The standard InChI is InChI=1S/C25H30F2N6OS/c1-3-33(4-2)9-10-35-32-21-7-5-20(6-8-21)31-24-14-23(22(16-30-24)25(28)34)29-15-17-11-18(26)13-19(27)12-17/h5-8,11-14,16,32H,3-4,9-10,15H2,1-2H3,(H2,28,34)(H2,29,30,31). The third-order valence-corrected chi connectivity index (χ3v) is 6.09. The molecule has 5 N–H and O–H groups in total. The Bertz CT molecular complexity index is 1110. The largest absolute Gasteiger partial charge is 0.380 e. The van der Waals surface area contributed by atoms with Crippen LogP contribution in [-0.2, 0) is 6.54 Å². The van der Waals surface area contributed by atoms with Gasteiger partial charge in [-0.3, -0.25) is 4.79 Å². The second kappa shape index (κ2) is 12.9. The highest BCUT2D eigenvalue weighted by Gasteiger charge is 2.11. The maximum absolute atomic E-state index is 13.5. The monoisotopic (exact) mass is 500 g/mol. The van der Waals surface area contributed by atoms with Crippen molar-refractivity contribution in [1.82, 2.24) is 9.88 Å². The number of aromatic nitrogens is 1. The van der Waals surface area contributed by atoms with Crippen molar-refractivity contribution >= 4 is 40.7 Å². The minimum atomic E-state index is -0.672. The lowest BCUT2D eigenvalue weighted by atomic mass is 10.1. The molecule has 2 aromatic carbocycles. The van der Waals surface area contributed by atoms with Gasteiger partial charge in [0.1, 0.15) is 17.5 Å². The number of nitrogens with two attached hydrogens (primary N) is 1. The Morgan fingerprint density at radius 2 is 1.69 bits per heavy atom. The van der Waals surface area contributed by atoms with Gasteiger partial charge < -0.3 is 26.0 Å². The topological polar surface area (TPSA) is 95.3 Å². The van der Waals surface area contributed by atoms with Crippen LogP contribution in [-0.4, -0.2) is 41.2 Å². The second-order valence-electron chi connectivity index (χ2n) is 7.79. The molecule has 10 heteroatoms. The number of hydrogen-bond acceptors (Lipinski definition) is 7. The molecular weight excluding hydrogens is 470 g/mol. The number of hydrogen-bond donors (Lipinski definition) is 4. The number of carbonyl (C=O) groups excluding carboxylic acids is 1. The van der Waals surface area contributed by atoms with Gasteiger partial charge in [0.25, 0.3) is 5.91 Å². The van der Waals surface area contributed by atoms with Gasteiger partial charge in [-0.25, -0.2) is 13.8 Å². The third-order valence-electron chi connectivity index (χ3n) is 5.33. The molecular formula is C25H30F2N6OS. The molecule has 0 aliphatic carbocycles. The molecule has 0 aliphatic rings. The average Bonchev–Trinajstić information content (AvgIpc) is 2.83. The molecule has 35 heavy (non-hydrogen) atoms. The maximum Gasteiger partial charge on any atom is 0.252 e. The van der Waals surface area contributed by atoms with Crippen LogP contribution in [0.1, 0.15) is 29.8 Å². The fourth-order valence-corrected chi connectivity index (χ4v) is 4.15. The van der Waals surface area contributed by atoms with E-state index in [1.54, 1.807) is 18.0 Å². The number of anilines is 4. The van der Waals surface area contributed by atoms with Crippen molar-refractivity contribution in [3.05, 3.63) is 77.5 Å². The average molecular weight is 501 g/mol. The van der Waals surface area contributed by atoms with Crippen LogP contribution in [0.4, 0.5) is 31.7 Å². The minimum absolute atomic E-state index is 0.102. The zero-order valence-corrected chi connectivity index (χ0v) is 20.6. The van der Waals surface area contributed by atoms with Crippen molar-refractivity contribution in [2.75, 3.05) is 40.7 Å². The van der Waals surface area contributed by atoms with Crippen molar-refractivity contribution in [3.8, 4) is 0 Å². The summed E-state index contributed by atoms with van der Waals surface area (Å²) in [7, 11) is 0. The molecule has 0 bridgehead atoms. The van der Waals surface area contributed by atoms with Gasteiger partial charge in [-0.15, -0.1) is 0 Å². The van der Waals surface area contributed by atoms with Gasteiger partial charge in [-0.05, 0) is 55.1 Å². The summed E-state index contributed by atoms with van der Waals surface area (Å²) in [5, 5.41) is 6.20. The number of primary amides is 1. The summed E-state index contributed by atoms with van der Waals surface area (Å²) in [6.07, 6.45) is 1.36. The summed E-state index contributed by atoms with van der Waals surface area (Å²) in [5.41, 5.74) is 8.23. The van der Waals surface area contributed by atoms with E-state index in [9.17, 15) is 13.6 Å². The summed E-state index contributed by atoms with van der Waals surface area (Å²) in [6, 6.07) is 12.6. The molecule has 0 saturated heterocycles. The van der Waals surface area contributed by atoms with E-state index in [2.05, 4.69) is 39.1 Å². The van der Waals surface area contributed by atoms with E-state index in [4.69, 9.17) is 5.73 Å². The number of rotatable bonds is 13. The Kier molecular flexibility index (Phi) is 9.68. The van der Waals surface area contributed by atoms with Crippen molar-refractivity contribution in [2.45, 2.75) is 20.4 Å². The van der Waals surface area contributed by atoms with Gasteiger partial charge in [0.15, 0.2) is 0 Å². The summed E-state index contributed by atoms with van der Waals surface area (Å²) < 4.78 is 30.3. The smallest absolute Gasteiger partial charge is 0.252 e. The number of halogens is 2. The van der Waals surface area contributed by atoms with Crippen LogP contribution >= 0.6 is 11.9 Å². The molecule has 1 heterocycles. The zero-order valence-electron chi connectivity index (χ0n) is 19.8. The number of amides is 1. The number of nitrogens with zero attached hydrogens (tertiary/aromatic N) is 2. The molecule has 7 nitrogen and oxygen atoms in total. The fourth-order valence-electron chi connectivity index (χ4n) is 3.40. The lowest BCUT2D eigenvalue weighted by Gasteiger charge is -2.17. The Labute approximate surface area is 208 Å². The van der Waals surface area contributed by atoms with Crippen LogP contribution in [0, 0.1) is 11.6 Å². The molecule has 1 aromatic heterocycles. The SMILES string of the molecule is CCN(CC)CCSNc1ccc(Nc2cc(NCc3cc(F)cc(F)c3)c(C(N)=O)cn2)cc1. The molecule has 0 unspecified atom stereocenters. The van der Waals surface area contributed by atoms with E-state index in [1.165, 1.54) is 18.3 Å². The molecule has 3 aromatic rings. The first-order valence-corrected chi connectivity index (χ1v) is 12.3. The van der Waals surface area contributed by atoms with Gasteiger partial charge in [0.05, 0.1) is 11.3 Å². The lowest BCUT2D eigenvalue weighted by molar-refractivity contribution is 0.100. The Morgan fingerprint density at radius 3 is 2.31 bits per heavy atom. The van der Waals surface area contributed by atoms with E-state index in [0.29, 0.717) is 17.1 Å². The van der Waals surface area contributed by atoms with E-state index in [-0.39, 0.29) is 12.1 Å². The highest BCUT2D eigenvalue weighted by molar-refractivity contribution is 8.00.